The molecular weight excluding hydrogens is 556 g/mol. The highest BCUT2D eigenvalue weighted by Crippen LogP contribution is 2.81. The summed E-state index contributed by atoms with van der Waals surface area (Å²) in [6, 6.07) is 11.9. The molecule has 1 unspecified atom stereocenters. The van der Waals surface area contributed by atoms with Crippen molar-refractivity contribution >= 4 is 33.8 Å². The van der Waals surface area contributed by atoms with Crippen molar-refractivity contribution in [3.63, 3.8) is 0 Å². The summed E-state index contributed by atoms with van der Waals surface area (Å²) in [5, 5.41) is 0.536. The lowest BCUT2D eigenvalue weighted by atomic mass is 9.70. The van der Waals surface area contributed by atoms with E-state index in [-0.39, 0.29) is 28.1 Å². The van der Waals surface area contributed by atoms with Gasteiger partial charge in [0.15, 0.2) is 0 Å². The highest BCUT2D eigenvalue weighted by molar-refractivity contribution is 7.75. The number of halogens is 1. The quantitative estimate of drug-likeness (QED) is 0.271. The van der Waals surface area contributed by atoms with Gasteiger partial charge in [-0.2, -0.15) is 10.6 Å². The number of fused-ring (bicyclic) bond motifs is 4. The van der Waals surface area contributed by atoms with Crippen molar-refractivity contribution in [2.75, 3.05) is 31.7 Å². The Labute approximate surface area is 249 Å². The highest BCUT2D eigenvalue weighted by atomic mass is 35.5. The van der Waals surface area contributed by atoms with Gasteiger partial charge in [0.1, 0.15) is 5.75 Å². The molecule has 218 valence electrons. The number of nitrogens with zero attached hydrogens (tertiary/aromatic N) is 2. The first kappa shape index (κ1) is 27.5. The van der Waals surface area contributed by atoms with Crippen LogP contribution in [0, 0.1) is 23.2 Å². The minimum Gasteiger partial charge on any atom is -0.490 e. The van der Waals surface area contributed by atoms with Crippen molar-refractivity contribution in [1.29, 1.82) is 0 Å². The monoisotopic (exact) mass is 593 g/mol. The second-order valence-electron chi connectivity index (χ2n) is 13.1. The second-order valence-corrected chi connectivity index (χ2v) is 15.0. The molecule has 7 rings (SSSR count). The molecule has 0 saturated heterocycles. The van der Waals surface area contributed by atoms with Crippen LogP contribution in [-0.2, 0) is 31.4 Å². The van der Waals surface area contributed by atoms with Crippen LogP contribution >= 0.6 is 11.6 Å². The van der Waals surface area contributed by atoms with Crippen LogP contribution < -0.4 is 9.64 Å². The molecule has 2 bridgehead atoms. The number of hydrogen-bond acceptors (Lipinski definition) is 6. The molecule has 8 heteroatoms. The van der Waals surface area contributed by atoms with E-state index in [9.17, 15) is 9.00 Å². The summed E-state index contributed by atoms with van der Waals surface area (Å²) in [5.41, 5.74) is 4.06. The first-order valence-corrected chi connectivity index (χ1v) is 16.5. The summed E-state index contributed by atoms with van der Waals surface area (Å²) in [7, 11) is 0.188. The molecular formula is C33H38ClN2O4S-. The Hall–Kier alpha value is -2.35. The van der Waals surface area contributed by atoms with Crippen LogP contribution in [0.1, 0.15) is 61.0 Å². The van der Waals surface area contributed by atoms with Gasteiger partial charge < -0.3 is 22.9 Å². The van der Waals surface area contributed by atoms with Gasteiger partial charge in [-0.3, -0.25) is 4.79 Å². The number of methoxy groups -OCH3 is 1. The molecule has 2 fully saturated rings. The van der Waals surface area contributed by atoms with Crippen molar-refractivity contribution in [2.45, 2.75) is 62.7 Å². The maximum Gasteiger partial charge on any atom is 0.254 e. The number of hydrogen-bond donors (Lipinski definition) is 0. The zero-order valence-electron chi connectivity index (χ0n) is 24.0. The summed E-state index contributed by atoms with van der Waals surface area (Å²) < 4.78 is 29.8. The van der Waals surface area contributed by atoms with Crippen LogP contribution in [-0.4, -0.2) is 44.1 Å². The van der Waals surface area contributed by atoms with Gasteiger partial charge in [-0.25, -0.2) is 0 Å². The third kappa shape index (κ3) is 4.63. The Kier molecular flexibility index (Phi) is 6.79. The number of anilines is 1. The first-order chi connectivity index (χ1) is 19.7. The van der Waals surface area contributed by atoms with E-state index in [1.54, 1.807) is 6.07 Å². The molecule has 1 amide bonds. The van der Waals surface area contributed by atoms with Gasteiger partial charge in [-0.05, 0) is 90.8 Å². The lowest BCUT2D eigenvalue weighted by Crippen LogP contribution is -2.47. The maximum atomic E-state index is 13.3. The minimum absolute atomic E-state index is 0.0708. The largest absolute Gasteiger partial charge is 0.490 e. The summed E-state index contributed by atoms with van der Waals surface area (Å²) >= 11 is 6.42. The van der Waals surface area contributed by atoms with E-state index < -0.39 is 16.5 Å². The van der Waals surface area contributed by atoms with E-state index in [0.29, 0.717) is 24.0 Å². The lowest BCUT2D eigenvalue weighted by molar-refractivity contribution is 0.0964. The number of ether oxygens (including phenoxy) is 2. The molecule has 2 aliphatic heterocycles. The van der Waals surface area contributed by atoms with E-state index in [4.69, 9.17) is 21.1 Å². The first-order valence-electron chi connectivity index (χ1n) is 14.9. The fraction of sp³-hybridized carbons (Fsp3) is 0.545. The normalized spacial score (nSPS) is 37.1. The zero-order valence-corrected chi connectivity index (χ0v) is 25.5. The van der Waals surface area contributed by atoms with Crippen molar-refractivity contribution in [3.05, 3.63) is 70.3 Å². The molecule has 0 aromatic heterocycles. The van der Waals surface area contributed by atoms with Crippen molar-refractivity contribution in [1.82, 2.24) is 0 Å². The molecule has 7 atom stereocenters. The minimum atomic E-state index is -1.62. The second kappa shape index (κ2) is 10.1. The van der Waals surface area contributed by atoms with Crippen LogP contribution in [0.2, 0.25) is 5.02 Å². The molecule has 2 aromatic rings. The number of amides is 1. The number of allylic oxidation sites excluding steroid dienone is 1. The Balaban J connectivity index is 1.32. The fourth-order valence-electron chi connectivity index (χ4n) is 7.87. The molecule has 5 aliphatic rings. The van der Waals surface area contributed by atoms with Gasteiger partial charge in [-0.15, -0.1) is 0 Å². The van der Waals surface area contributed by atoms with Crippen LogP contribution in [0.4, 0.5) is 5.69 Å². The number of aryl methyl sites for hydroxylation is 1. The number of carbonyl (C=O) groups is 1. The summed E-state index contributed by atoms with van der Waals surface area (Å²) in [4.78, 5) is 15.8. The Morgan fingerprint density at radius 1 is 1.17 bits per heavy atom. The van der Waals surface area contributed by atoms with Gasteiger partial charge >= 0.3 is 0 Å². The molecule has 2 aromatic carbocycles. The zero-order chi connectivity index (χ0) is 28.5. The summed E-state index contributed by atoms with van der Waals surface area (Å²) in [6.07, 6.45) is 9.57. The molecule has 2 spiro atoms. The van der Waals surface area contributed by atoms with Crippen molar-refractivity contribution < 1.29 is 18.5 Å². The van der Waals surface area contributed by atoms with E-state index in [1.165, 1.54) is 17.5 Å². The van der Waals surface area contributed by atoms with E-state index in [2.05, 4.69) is 40.5 Å². The lowest BCUT2D eigenvalue weighted by Gasteiger charge is -2.41. The SMILES string of the molecule is CO[C@H]1/C=C/C[C@H](C)[C@@H](C)[S-](=O)=NC(=O)c2ccc3c(c2)N(C[C@@]2(CCCc4cc(Cl)ccc42)CO3)C[C@]23CC2[C@@H]13. The summed E-state index contributed by atoms with van der Waals surface area (Å²) in [5.74, 6) is 1.61. The van der Waals surface area contributed by atoms with Crippen LogP contribution in [0.3, 0.4) is 0 Å². The number of rotatable bonds is 1. The van der Waals surface area contributed by atoms with Crippen LogP contribution in [0.25, 0.3) is 0 Å². The fourth-order valence-corrected chi connectivity index (χ4v) is 9.01. The van der Waals surface area contributed by atoms with Gasteiger partial charge in [0.25, 0.3) is 5.91 Å². The molecule has 2 heterocycles. The van der Waals surface area contributed by atoms with E-state index in [0.717, 1.165) is 55.2 Å². The maximum absolute atomic E-state index is 13.3. The standard InChI is InChI=1S/C33H38ClN2O4S/c1-20-6-4-8-29(39-3)30-26-16-33(26,30)18-36-17-32(13-5-7-22-14-24(34)10-11-25(22)32)19-40-28-12-9-23(15-27(28)36)31(37)35-41(38)21(20)2/h4,8-12,14-15,20-21,26,29-30H,5-7,13,16-19H2,1-3H3/q-1/b8-4+/t20-,21+,26?,29-,30-,32-,33+/m0/s1. The third-order valence-electron chi connectivity index (χ3n) is 10.7. The van der Waals surface area contributed by atoms with E-state index in [1.807, 2.05) is 32.2 Å². The Bertz CT molecular complexity index is 1520. The van der Waals surface area contributed by atoms with Crippen molar-refractivity contribution in [2.24, 2.45) is 27.5 Å². The average Bonchev–Trinajstić information content (AvgIpc) is 3.84. The number of benzene rings is 2. The van der Waals surface area contributed by atoms with Gasteiger partial charge in [-0.1, -0.05) is 54.8 Å². The van der Waals surface area contributed by atoms with Crippen molar-refractivity contribution in [3.8, 4) is 5.75 Å². The molecule has 41 heavy (non-hydrogen) atoms. The third-order valence-corrected chi connectivity index (χ3v) is 12.4. The van der Waals surface area contributed by atoms with Crippen LogP contribution in [0.15, 0.2) is 52.9 Å². The predicted octanol–water partition coefficient (Wildman–Crippen LogP) is 6.74. The predicted molar refractivity (Wildman–Crippen MR) is 162 cm³/mol. The topological polar surface area (TPSA) is 68.2 Å². The number of carbonyl (C=O) groups excluding carboxylic acids is 1. The summed E-state index contributed by atoms with van der Waals surface area (Å²) in [6.45, 7) is 6.25. The Morgan fingerprint density at radius 2 is 2.02 bits per heavy atom. The Morgan fingerprint density at radius 3 is 2.83 bits per heavy atom. The molecule has 0 N–H and O–H groups in total. The molecule has 2 saturated carbocycles. The smallest absolute Gasteiger partial charge is 0.254 e. The van der Waals surface area contributed by atoms with Gasteiger partial charge in [0.2, 0.25) is 0 Å². The van der Waals surface area contributed by atoms with Gasteiger partial charge in [0.05, 0.1) is 18.4 Å². The highest BCUT2D eigenvalue weighted by Gasteiger charge is 2.80. The average molecular weight is 594 g/mol. The van der Waals surface area contributed by atoms with Gasteiger partial charge in [0, 0.05) is 36.2 Å². The molecule has 6 nitrogen and oxygen atoms in total. The van der Waals surface area contributed by atoms with E-state index >= 15 is 0 Å². The molecule has 3 aliphatic carbocycles. The van der Waals surface area contributed by atoms with Crippen LogP contribution in [0.5, 0.6) is 5.75 Å². The molecule has 0 radical (unpaired) electrons.